The summed E-state index contributed by atoms with van der Waals surface area (Å²) in [6.45, 7) is 0.375. The highest BCUT2D eigenvalue weighted by Gasteiger charge is 2.16. The van der Waals surface area contributed by atoms with E-state index in [1.165, 1.54) is 4.57 Å². The van der Waals surface area contributed by atoms with Gasteiger partial charge >= 0.3 is 0 Å². The van der Waals surface area contributed by atoms with E-state index in [1.54, 1.807) is 25.3 Å². The van der Waals surface area contributed by atoms with Crippen LogP contribution in [-0.2, 0) is 11.2 Å². The smallest absolute Gasteiger partial charge is 0.273 e. The lowest BCUT2D eigenvalue weighted by Crippen LogP contribution is -2.34. The summed E-state index contributed by atoms with van der Waals surface area (Å²) >= 11 is 1.12. The Hall–Kier alpha value is -4.41. The number of benzene rings is 3. The second-order valence-corrected chi connectivity index (χ2v) is 8.67. The highest BCUT2D eigenvalue weighted by Crippen LogP contribution is 2.11. The molecule has 35 heavy (non-hydrogen) atoms. The van der Waals surface area contributed by atoms with E-state index in [1.807, 2.05) is 78.9 Å². The van der Waals surface area contributed by atoms with E-state index < -0.39 is 5.91 Å². The van der Waals surface area contributed by atoms with Gasteiger partial charge in [-0.2, -0.15) is 5.26 Å². The summed E-state index contributed by atoms with van der Waals surface area (Å²) in [6.07, 6.45) is 2.38. The summed E-state index contributed by atoms with van der Waals surface area (Å²) in [5, 5.41) is 12.7. The molecule has 1 heterocycles. The Morgan fingerprint density at radius 1 is 1.03 bits per heavy atom. The lowest BCUT2D eigenvalue weighted by Gasteiger charge is -2.06. The van der Waals surface area contributed by atoms with Crippen LogP contribution >= 0.6 is 11.3 Å². The topological polar surface area (TPSA) is 84.1 Å². The van der Waals surface area contributed by atoms with Crippen LogP contribution in [0.4, 0.5) is 0 Å². The minimum atomic E-state index is -0.509. The summed E-state index contributed by atoms with van der Waals surface area (Å²) in [6, 6.07) is 28.1. The van der Waals surface area contributed by atoms with Crippen molar-refractivity contribution >= 4 is 28.9 Å². The van der Waals surface area contributed by atoms with Gasteiger partial charge in [0, 0.05) is 6.54 Å². The Bertz CT molecular complexity index is 1530. The largest absolute Gasteiger partial charge is 0.497 e. The molecule has 174 valence electrons. The zero-order chi connectivity index (χ0) is 24.6. The van der Waals surface area contributed by atoms with E-state index in [9.17, 15) is 14.9 Å². The van der Waals surface area contributed by atoms with Gasteiger partial charge in [-0.1, -0.05) is 60.7 Å². The normalized spacial score (nSPS) is 12.1. The fourth-order valence-electron chi connectivity index (χ4n) is 3.56. The molecule has 0 saturated carbocycles. The summed E-state index contributed by atoms with van der Waals surface area (Å²) < 4.78 is 7.33. The number of amides is 1. The van der Waals surface area contributed by atoms with E-state index in [0.29, 0.717) is 33.6 Å². The average Bonchev–Trinajstić information content (AvgIpc) is 3.21. The first-order valence-electron chi connectivity index (χ1n) is 11.0. The molecule has 1 amide bonds. The van der Waals surface area contributed by atoms with Crippen molar-refractivity contribution in [2.75, 3.05) is 13.7 Å². The number of hydrogen-bond donors (Lipinski definition) is 1. The minimum Gasteiger partial charge on any atom is -0.497 e. The van der Waals surface area contributed by atoms with Crippen LogP contribution in [0.1, 0.15) is 11.1 Å². The number of thiazole rings is 1. The third-order valence-electron chi connectivity index (χ3n) is 5.35. The number of para-hydroxylation sites is 1. The third kappa shape index (κ3) is 5.57. The molecule has 0 unspecified atom stereocenters. The Balaban J connectivity index is 1.78. The molecular formula is C28H23N3O3S. The second-order valence-electron chi connectivity index (χ2n) is 7.64. The number of ether oxygens (including phenoxy) is 1. The number of nitrogens with one attached hydrogen (secondary N) is 1. The first-order chi connectivity index (χ1) is 17.1. The monoisotopic (exact) mass is 481 g/mol. The molecule has 7 heteroatoms. The lowest BCUT2D eigenvalue weighted by molar-refractivity contribution is -0.115. The minimum absolute atomic E-state index is 0.0987. The van der Waals surface area contributed by atoms with Crippen LogP contribution in [0.2, 0.25) is 0 Å². The van der Waals surface area contributed by atoms with Crippen LogP contribution in [0.5, 0.6) is 5.75 Å². The molecular weight excluding hydrogens is 458 g/mol. The van der Waals surface area contributed by atoms with Gasteiger partial charge in [0.1, 0.15) is 16.5 Å². The Morgan fingerprint density at radius 3 is 2.31 bits per heavy atom. The number of nitriles is 1. The van der Waals surface area contributed by atoms with Crippen LogP contribution in [0, 0.1) is 11.3 Å². The first-order valence-corrected chi connectivity index (χ1v) is 11.8. The van der Waals surface area contributed by atoms with Crippen LogP contribution in [0.15, 0.2) is 89.7 Å². The van der Waals surface area contributed by atoms with Crippen molar-refractivity contribution in [2.24, 2.45) is 0 Å². The van der Waals surface area contributed by atoms with Crippen molar-refractivity contribution in [3.8, 4) is 17.5 Å². The van der Waals surface area contributed by atoms with Gasteiger partial charge in [0.05, 0.1) is 17.3 Å². The predicted octanol–water partition coefficient (Wildman–Crippen LogP) is 2.77. The third-order valence-corrected chi connectivity index (χ3v) is 6.44. The van der Waals surface area contributed by atoms with Crippen LogP contribution in [0.25, 0.3) is 17.3 Å². The van der Waals surface area contributed by atoms with Crippen molar-refractivity contribution in [2.45, 2.75) is 6.42 Å². The van der Waals surface area contributed by atoms with E-state index in [4.69, 9.17) is 4.74 Å². The van der Waals surface area contributed by atoms with Crippen molar-refractivity contribution < 1.29 is 9.53 Å². The van der Waals surface area contributed by atoms with Gasteiger partial charge in [-0.05, 0) is 47.9 Å². The zero-order valence-electron chi connectivity index (χ0n) is 19.1. The quantitative estimate of drug-likeness (QED) is 0.440. The Morgan fingerprint density at radius 2 is 1.69 bits per heavy atom. The molecule has 1 aromatic heterocycles. The highest BCUT2D eigenvalue weighted by atomic mass is 32.1. The molecule has 0 atom stereocenters. The number of rotatable bonds is 7. The number of carbonyl (C=O) groups is 1. The molecule has 1 N–H and O–H groups in total. The maximum absolute atomic E-state index is 13.4. The molecule has 0 aliphatic carbocycles. The molecule has 0 saturated heterocycles. The number of carbonyl (C=O) groups excluding carboxylic acids is 1. The molecule has 0 radical (unpaired) electrons. The van der Waals surface area contributed by atoms with Gasteiger partial charge in [-0.25, -0.2) is 0 Å². The van der Waals surface area contributed by atoms with Gasteiger partial charge in [-0.3, -0.25) is 14.2 Å². The van der Waals surface area contributed by atoms with Gasteiger partial charge in [-0.15, -0.1) is 11.3 Å². The molecule has 3 aromatic carbocycles. The van der Waals surface area contributed by atoms with E-state index in [0.717, 1.165) is 22.5 Å². The molecule has 4 rings (SSSR count). The van der Waals surface area contributed by atoms with Crippen molar-refractivity contribution in [3.05, 3.63) is 116 Å². The van der Waals surface area contributed by atoms with E-state index >= 15 is 0 Å². The van der Waals surface area contributed by atoms with Crippen molar-refractivity contribution in [1.29, 1.82) is 5.26 Å². The number of methoxy groups -OCH3 is 1. The van der Waals surface area contributed by atoms with Gasteiger partial charge in [0.2, 0.25) is 0 Å². The average molecular weight is 482 g/mol. The number of hydrogen-bond acceptors (Lipinski definition) is 5. The molecule has 0 bridgehead atoms. The molecule has 6 nitrogen and oxygen atoms in total. The standard InChI is InChI=1S/C28H23N3O3S/c1-34-23-14-12-21(13-15-23)18-25-27(33)31(22-10-6-3-7-11-22)28(35-25)24(19-29)26(32)30-17-16-20-8-4-2-5-9-20/h2-15,18H,16-17H2,1H3,(H,30,32)/b25-18-,28-24-. The molecule has 0 aliphatic heterocycles. The van der Waals surface area contributed by atoms with Crippen LogP contribution in [0.3, 0.4) is 0 Å². The lowest BCUT2D eigenvalue weighted by atomic mass is 10.1. The maximum Gasteiger partial charge on any atom is 0.273 e. The van der Waals surface area contributed by atoms with Crippen LogP contribution < -0.4 is 24.8 Å². The van der Waals surface area contributed by atoms with Crippen LogP contribution in [-0.4, -0.2) is 24.1 Å². The van der Waals surface area contributed by atoms with Crippen molar-refractivity contribution in [3.63, 3.8) is 0 Å². The van der Waals surface area contributed by atoms with Crippen molar-refractivity contribution in [1.82, 2.24) is 9.88 Å². The van der Waals surface area contributed by atoms with Gasteiger partial charge < -0.3 is 10.1 Å². The van der Waals surface area contributed by atoms with E-state index in [2.05, 4.69) is 5.32 Å². The fraction of sp³-hybridized carbons (Fsp3) is 0.107. The highest BCUT2D eigenvalue weighted by molar-refractivity contribution is 7.07. The summed E-state index contributed by atoms with van der Waals surface area (Å²) in [4.78, 5) is 26.4. The van der Waals surface area contributed by atoms with Gasteiger partial charge in [0.25, 0.3) is 11.5 Å². The summed E-state index contributed by atoms with van der Waals surface area (Å²) in [5.41, 5.74) is 2.08. The number of aromatic nitrogens is 1. The van der Waals surface area contributed by atoms with E-state index in [-0.39, 0.29) is 11.1 Å². The molecule has 0 spiro atoms. The fourth-order valence-corrected chi connectivity index (χ4v) is 4.66. The second kappa shape index (κ2) is 11.1. The Labute approximate surface area is 206 Å². The molecule has 0 fully saturated rings. The zero-order valence-corrected chi connectivity index (χ0v) is 19.9. The predicted molar refractivity (Wildman–Crippen MR) is 138 cm³/mol. The first kappa shape index (κ1) is 23.7. The Kier molecular flexibility index (Phi) is 7.56. The van der Waals surface area contributed by atoms with Gasteiger partial charge in [0.15, 0.2) is 5.57 Å². The maximum atomic E-state index is 13.4. The SMILES string of the molecule is COc1ccc(/C=c2\s/c(=C(/C#N)C(=O)NCCc3ccccc3)n(-c3ccccc3)c2=O)cc1. The molecule has 4 aromatic rings. The molecule has 0 aliphatic rings. The summed E-state index contributed by atoms with van der Waals surface area (Å²) in [5.74, 6) is 0.202. The summed E-state index contributed by atoms with van der Waals surface area (Å²) in [7, 11) is 1.59. The number of nitrogens with zero attached hydrogens (tertiary/aromatic N) is 2.